The fraction of sp³-hybridized carbons (Fsp3) is 0.500. The van der Waals surface area contributed by atoms with Crippen LogP contribution in [-0.4, -0.2) is 11.1 Å². The fourth-order valence-corrected chi connectivity index (χ4v) is 3.15. The lowest BCUT2D eigenvalue weighted by molar-refractivity contribution is 0.130. The van der Waals surface area contributed by atoms with Crippen molar-refractivity contribution in [1.29, 1.82) is 0 Å². The lowest BCUT2D eigenvalue weighted by Crippen LogP contribution is -2.23. The van der Waals surface area contributed by atoms with E-state index in [0.717, 1.165) is 22.7 Å². The third kappa shape index (κ3) is 2.95. The Balaban J connectivity index is 1.70. The minimum absolute atomic E-state index is 0.397. The summed E-state index contributed by atoms with van der Waals surface area (Å²) in [4.78, 5) is 4.36. The number of rotatable bonds is 3. The molecule has 3 rings (SSSR count). The zero-order valence-corrected chi connectivity index (χ0v) is 12.4. The van der Waals surface area contributed by atoms with Gasteiger partial charge in [-0.1, -0.05) is 19.4 Å². The molecule has 20 heavy (non-hydrogen) atoms. The van der Waals surface area contributed by atoms with Gasteiger partial charge in [0, 0.05) is 17.3 Å². The molecule has 1 heterocycles. The van der Waals surface area contributed by atoms with Crippen molar-refractivity contribution in [3.05, 3.63) is 36.2 Å². The van der Waals surface area contributed by atoms with Crippen LogP contribution in [0.25, 0.3) is 10.8 Å². The first-order valence-corrected chi connectivity index (χ1v) is 7.77. The first-order valence-electron chi connectivity index (χ1n) is 7.77. The van der Waals surface area contributed by atoms with Crippen LogP contribution in [0.15, 0.2) is 30.5 Å². The number of aryl methyl sites for hydroxylation is 1. The van der Waals surface area contributed by atoms with Crippen molar-refractivity contribution < 1.29 is 4.74 Å². The second kappa shape index (κ2) is 5.82. The van der Waals surface area contributed by atoms with Crippen LogP contribution < -0.4 is 4.74 Å². The van der Waals surface area contributed by atoms with Crippen LogP contribution in [0.2, 0.25) is 0 Å². The largest absolute Gasteiger partial charge is 0.490 e. The normalized spacial score (nSPS) is 22.9. The summed E-state index contributed by atoms with van der Waals surface area (Å²) in [5.41, 5.74) is 1.06. The van der Waals surface area contributed by atoms with Crippen LogP contribution in [0.1, 0.15) is 44.7 Å². The summed E-state index contributed by atoms with van der Waals surface area (Å²) in [6.07, 6.45) is 8.67. The average molecular weight is 269 g/mol. The molecule has 0 spiro atoms. The van der Waals surface area contributed by atoms with Crippen molar-refractivity contribution in [2.24, 2.45) is 5.92 Å². The minimum Gasteiger partial charge on any atom is -0.490 e. The molecule has 0 saturated heterocycles. The molecule has 2 heteroatoms. The molecule has 0 amide bonds. The highest BCUT2D eigenvalue weighted by Gasteiger charge is 2.21. The molecule has 0 atom stereocenters. The van der Waals surface area contributed by atoms with E-state index in [1.54, 1.807) is 0 Å². The van der Waals surface area contributed by atoms with E-state index in [4.69, 9.17) is 4.74 Å². The average Bonchev–Trinajstić information content (AvgIpc) is 2.48. The molecule has 0 aliphatic heterocycles. The van der Waals surface area contributed by atoms with Gasteiger partial charge in [0.2, 0.25) is 0 Å². The first kappa shape index (κ1) is 13.4. The second-order valence-electron chi connectivity index (χ2n) is 6.00. The van der Waals surface area contributed by atoms with E-state index in [1.807, 2.05) is 13.1 Å². The van der Waals surface area contributed by atoms with Crippen LogP contribution in [0.3, 0.4) is 0 Å². The Morgan fingerprint density at radius 2 is 1.90 bits per heavy atom. The molecule has 106 valence electrons. The van der Waals surface area contributed by atoms with Gasteiger partial charge in [0.25, 0.3) is 0 Å². The summed E-state index contributed by atoms with van der Waals surface area (Å²) < 4.78 is 6.16. The highest BCUT2D eigenvalue weighted by atomic mass is 16.5. The highest BCUT2D eigenvalue weighted by molar-refractivity contribution is 5.83. The number of aromatic nitrogens is 1. The van der Waals surface area contributed by atoms with Gasteiger partial charge in [-0.3, -0.25) is 4.98 Å². The van der Waals surface area contributed by atoms with Crippen LogP contribution in [0.5, 0.6) is 5.75 Å². The monoisotopic (exact) mass is 269 g/mol. The first-order chi connectivity index (χ1) is 9.74. The van der Waals surface area contributed by atoms with E-state index in [-0.39, 0.29) is 0 Å². The summed E-state index contributed by atoms with van der Waals surface area (Å²) in [6, 6.07) is 8.46. The number of hydrogen-bond donors (Lipinski definition) is 0. The zero-order chi connectivity index (χ0) is 13.9. The molecule has 1 aromatic carbocycles. The molecular formula is C18H23NO. The van der Waals surface area contributed by atoms with Gasteiger partial charge in [0.1, 0.15) is 5.75 Å². The second-order valence-corrected chi connectivity index (χ2v) is 6.00. The van der Waals surface area contributed by atoms with E-state index in [2.05, 4.69) is 36.2 Å². The SMILES string of the molecule is CCC1CCC(Oc2ccc3cc(C)ncc3c2)CC1. The molecule has 1 saturated carbocycles. The predicted molar refractivity (Wildman–Crippen MR) is 83.1 cm³/mol. The summed E-state index contributed by atoms with van der Waals surface area (Å²) in [7, 11) is 0. The standard InChI is InChI=1S/C18H23NO/c1-3-14-4-7-17(8-5-14)20-18-9-6-15-10-13(2)19-12-16(15)11-18/h6,9-12,14,17H,3-5,7-8H2,1-2H3. The number of pyridine rings is 1. The van der Waals surface area contributed by atoms with Gasteiger partial charge in [-0.25, -0.2) is 0 Å². The maximum Gasteiger partial charge on any atom is 0.120 e. The van der Waals surface area contributed by atoms with E-state index in [0.29, 0.717) is 6.10 Å². The molecule has 0 N–H and O–H groups in total. The maximum atomic E-state index is 6.16. The summed E-state index contributed by atoms with van der Waals surface area (Å²) in [6.45, 7) is 4.32. The van der Waals surface area contributed by atoms with Crippen molar-refractivity contribution >= 4 is 10.8 Å². The van der Waals surface area contributed by atoms with E-state index in [9.17, 15) is 0 Å². The van der Waals surface area contributed by atoms with Crippen LogP contribution in [0.4, 0.5) is 0 Å². The highest BCUT2D eigenvalue weighted by Crippen LogP contribution is 2.30. The van der Waals surface area contributed by atoms with Gasteiger partial charge in [0.05, 0.1) is 6.10 Å². The number of hydrogen-bond acceptors (Lipinski definition) is 2. The smallest absolute Gasteiger partial charge is 0.120 e. The quantitative estimate of drug-likeness (QED) is 0.791. The van der Waals surface area contributed by atoms with Crippen molar-refractivity contribution in [3.8, 4) is 5.75 Å². The molecule has 1 aliphatic carbocycles. The molecule has 0 unspecified atom stereocenters. The molecule has 0 radical (unpaired) electrons. The van der Waals surface area contributed by atoms with E-state index in [1.165, 1.54) is 37.5 Å². The lowest BCUT2D eigenvalue weighted by atomic mass is 9.86. The van der Waals surface area contributed by atoms with Crippen molar-refractivity contribution in [2.45, 2.75) is 52.1 Å². The number of benzene rings is 1. The van der Waals surface area contributed by atoms with Crippen molar-refractivity contribution in [3.63, 3.8) is 0 Å². The van der Waals surface area contributed by atoms with E-state index < -0.39 is 0 Å². The lowest BCUT2D eigenvalue weighted by Gasteiger charge is -2.28. The number of ether oxygens (including phenoxy) is 1. The molecular weight excluding hydrogens is 246 g/mol. The van der Waals surface area contributed by atoms with Crippen LogP contribution >= 0.6 is 0 Å². The molecule has 1 aliphatic rings. The Hall–Kier alpha value is -1.57. The van der Waals surface area contributed by atoms with Gasteiger partial charge in [-0.05, 0) is 62.1 Å². The maximum absolute atomic E-state index is 6.16. The fourth-order valence-electron chi connectivity index (χ4n) is 3.15. The third-order valence-corrected chi connectivity index (χ3v) is 4.50. The van der Waals surface area contributed by atoms with Crippen molar-refractivity contribution in [1.82, 2.24) is 4.98 Å². The van der Waals surface area contributed by atoms with Crippen LogP contribution in [0, 0.1) is 12.8 Å². The van der Waals surface area contributed by atoms with E-state index >= 15 is 0 Å². The predicted octanol–water partition coefficient (Wildman–Crippen LogP) is 4.89. The molecule has 2 nitrogen and oxygen atoms in total. The van der Waals surface area contributed by atoms with Gasteiger partial charge in [0.15, 0.2) is 0 Å². The Bertz CT molecular complexity index is 585. The molecule has 2 aromatic rings. The zero-order valence-electron chi connectivity index (χ0n) is 12.4. The molecule has 1 fully saturated rings. The van der Waals surface area contributed by atoms with Gasteiger partial charge in [-0.15, -0.1) is 0 Å². The Morgan fingerprint density at radius 3 is 2.65 bits per heavy atom. The summed E-state index contributed by atoms with van der Waals surface area (Å²) in [5, 5.41) is 2.40. The Kier molecular flexibility index (Phi) is 3.90. The van der Waals surface area contributed by atoms with Crippen molar-refractivity contribution in [2.75, 3.05) is 0 Å². The Labute approximate surface area is 121 Å². The summed E-state index contributed by atoms with van der Waals surface area (Å²) in [5.74, 6) is 1.90. The topological polar surface area (TPSA) is 22.1 Å². The van der Waals surface area contributed by atoms with Gasteiger partial charge < -0.3 is 4.74 Å². The third-order valence-electron chi connectivity index (χ3n) is 4.50. The van der Waals surface area contributed by atoms with Crippen LogP contribution in [-0.2, 0) is 0 Å². The van der Waals surface area contributed by atoms with Gasteiger partial charge >= 0.3 is 0 Å². The summed E-state index contributed by atoms with van der Waals surface area (Å²) >= 11 is 0. The van der Waals surface area contributed by atoms with Gasteiger partial charge in [-0.2, -0.15) is 0 Å². The minimum atomic E-state index is 0.397. The number of fused-ring (bicyclic) bond motifs is 1. The molecule has 1 aromatic heterocycles. The Morgan fingerprint density at radius 1 is 1.10 bits per heavy atom. The number of nitrogens with zero attached hydrogens (tertiary/aromatic N) is 1. The molecule has 0 bridgehead atoms.